The van der Waals surface area contributed by atoms with Gasteiger partial charge in [0, 0.05) is 22.5 Å². The summed E-state index contributed by atoms with van der Waals surface area (Å²) >= 11 is 0. The van der Waals surface area contributed by atoms with Crippen LogP contribution in [0.15, 0.2) is 77.7 Å². The van der Waals surface area contributed by atoms with Gasteiger partial charge in [-0.1, -0.05) is 24.3 Å². The van der Waals surface area contributed by atoms with Gasteiger partial charge in [-0.15, -0.1) is 0 Å². The van der Waals surface area contributed by atoms with Crippen molar-refractivity contribution in [2.24, 2.45) is 5.14 Å². The van der Waals surface area contributed by atoms with Gasteiger partial charge in [-0.3, -0.25) is 0 Å². The van der Waals surface area contributed by atoms with Crippen LogP contribution in [-0.2, 0) is 10.0 Å². The van der Waals surface area contributed by atoms with E-state index in [9.17, 15) is 17.2 Å². The van der Waals surface area contributed by atoms with Crippen LogP contribution in [0.2, 0.25) is 0 Å². The molecule has 4 aromatic rings. The van der Waals surface area contributed by atoms with Crippen LogP contribution in [0.25, 0.3) is 28.1 Å². The van der Waals surface area contributed by atoms with Crippen molar-refractivity contribution < 1.29 is 17.2 Å². The number of nitrogens with two attached hydrogens (primary N) is 3. The summed E-state index contributed by atoms with van der Waals surface area (Å²) in [6.45, 7) is 0. The molecule has 7 nitrogen and oxygen atoms in total. The summed E-state index contributed by atoms with van der Waals surface area (Å²) < 4.78 is 52.9. The van der Waals surface area contributed by atoms with E-state index < -0.39 is 22.1 Å². The lowest BCUT2D eigenvalue weighted by atomic mass is 9.98. The molecule has 1 heterocycles. The van der Waals surface area contributed by atoms with Gasteiger partial charge >= 0.3 is 0 Å². The number of hydrogen-bond acceptors (Lipinski definition) is 5. The molecule has 32 heavy (non-hydrogen) atoms. The Morgan fingerprint density at radius 3 is 1.78 bits per heavy atom. The van der Waals surface area contributed by atoms with Crippen molar-refractivity contribution in [1.82, 2.24) is 9.78 Å². The first-order valence-electron chi connectivity index (χ1n) is 9.41. The van der Waals surface area contributed by atoms with Crippen LogP contribution >= 0.6 is 0 Å². The number of primary sulfonamides is 1. The maximum Gasteiger partial charge on any atom is 0.282 e. The number of rotatable bonds is 5. The smallest absolute Gasteiger partial charge is 0.282 e. The first-order valence-corrected chi connectivity index (χ1v) is 11.0. The number of benzene rings is 3. The van der Waals surface area contributed by atoms with E-state index in [1.54, 1.807) is 48.5 Å². The molecule has 0 radical (unpaired) electrons. The lowest BCUT2D eigenvalue weighted by molar-refractivity contribution is 0.146. The summed E-state index contributed by atoms with van der Waals surface area (Å²) in [5.74, 6) is 0. The van der Waals surface area contributed by atoms with Crippen LogP contribution < -0.4 is 16.6 Å². The van der Waals surface area contributed by atoms with Crippen molar-refractivity contribution in [2.45, 2.75) is 11.3 Å². The minimum atomic E-state index is -3.91. The van der Waals surface area contributed by atoms with Gasteiger partial charge < -0.3 is 11.5 Å². The Kier molecular flexibility index (Phi) is 5.41. The Bertz CT molecular complexity index is 1370. The van der Waals surface area contributed by atoms with Crippen LogP contribution in [0.5, 0.6) is 0 Å². The molecule has 0 atom stereocenters. The highest BCUT2D eigenvalue weighted by Gasteiger charge is 2.27. The molecule has 4 rings (SSSR count). The summed E-state index contributed by atoms with van der Waals surface area (Å²) in [5.41, 5.74) is 14.1. The zero-order chi connectivity index (χ0) is 23.0. The van der Waals surface area contributed by atoms with Gasteiger partial charge in [-0.2, -0.15) is 5.10 Å². The highest BCUT2D eigenvalue weighted by atomic mass is 32.2. The quantitative estimate of drug-likeness (QED) is 0.392. The van der Waals surface area contributed by atoms with E-state index in [1.807, 2.05) is 0 Å². The molecule has 6 N–H and O–H groups in total. The SMILES string of the molecule is Nc1ccc(-c2c(C(F)F)nn(-c3ccc(N)cc3)c2-c2ccc(S(N)(=O)=O)cc2)cc1. The lowest BCUT2D eigenvalue weighted by Gasteiger charge is -2.12. The number of halogens is 2. The number of anilines is 2. The molecular formula is C22H19F2N5O2S. The van der Waals surface area contributed by atoms with Crippen molar-refractivity contribution in [2.75, 3.05) is 11.5 Å². The fourth-order valence-electron chi connectivity index (χ4n) is 3.39. The minimum Gasteiger partial charge on any atom is -0.399 e. The Hall–Kier alpha value is -3.76. The Balaban J connectivity index is 2.04. The number of nitrogens with zero attached hydrogens (tertiary/aromatic N) is 2. The van der Waals surface area contributed by atoms with E-state index in [2.05, 4.69) is 5.10 Å². The third-order valence-electron chi connectivity index (χ3n) is 4.91. The average Bonchev–Trinajstić information content (AvgIpc) is 3.15. The van der Waals surface area contributed by atoms with E-state index in [0.717, 1.165) is 0 Å². The molecule has 0 bridgehead atoms. The maximum atomic E-state index is 14.1. The normalized spacial score (nSPS) is 11.8. The van der Waals surface area contributed by atoms with E-state index in [-0.39, 0.29) is 10.5 Å². The number of aromatic nitrogens is 2. The Morgan fingerprint density at radius 2 is 1.28 bits per heavy atom. The molecule has 10 heteroatoms. The second-order valence-electron chi connectivity index (χ2n) is 7.10. The van der Waals surface area contributed by atoms with Crippen LogP contribution in [0, 0.1) is 0 Å². The zero-order valence-electron chi connectivity index (χ0n) is 16.6. The fraction of sp³-hybridized carbons (Fsp3) is 0.0455. The standard InChI is InChI=1S/C22H19F2N5O2S/c23-22(24)20-19(13-1-5-15(25)6-2-13)21(14-3-11-18(12-4-14)32(27,30)31)29(28-20)17-9-7-16(26)8-10-17/h1-12,22H,25-26H2,(H2,27,30,31). The molecule has 0 saturated heterocycles. The summed E-state index contributed by atoms with van der Waals surface area (Å²) in [7, 11) is -3.91. The lowest BCUT2D eigenvalue weighted by Crippen LogP contribution is -2.11. The first-order chi connectivity index (χ1) is 15.1. The van der Waals surface area contributed by atoms with Gasteiger partial charge in [0.2, 0.25) is 10.0 Å². The highest BCUT2D eigenvalue weighted by Crippen LogP contribution is 2.41. The molecule has 0 unspecified atom stereocenters. The van der Waals surface area contributed by atoms with Crippen molar-refractivity contribution in [3.05, 3.63) is 78.5 Å². The molecule has 0 aliphatic rings. The predicted octanol–water partition coefficient (Wildman–Crippen LogP) is 3.96. The van der Waals surface area contributed by atoms with Gasteiger partial charge in [-0.25, -0.2) is 27.0 Å². The minimum absolute atomic E-state index is 0.0945. The number of nitrogen functional groups attached to an aromatic ring is 2. The number of hydrogen-bond donors (Lipinski definition) is 3. The van der Waals surface area contributed by atoms with Crippen LogP contribution in [0.3, 0.4) is 0 Å². The second-order valence-corrected chi connectivity index (χ2v) is 8.67. The molecule has 3 aromatic carbocycles. The molecule has 0 fully saturated rings. The molecule has 0 spiro atoms. The van der Waals surface area contributed by atoms with Crippen molar-refractivity contribution >= 4 is 21.4 Å². The van der Waals surface area contributed by atoms with Crippen LogP contribution in [0.4, 0.5) is 20.2 Å². The molecular weight excluding hydrogens is 436 g/mol. The van der Waals surface area contributed by atoms with E-state index >= 15 is 0 Å². The predicted molar refractivity (Wildman–Crippen MR) is 120 cm³/mol. The van der Waals surface area contributed by atoms with Crippen molar-refractivity contribution in [1.29, 1.82) is 0 Å². The van der Waals surface area contributed by atoms with E-state index in [1.165, 1.54) is 28.9 Å². The van der Waals surface area contributed by atoms with Crippen molar-refractivity contribution in [3.8, 4) is 28.1 Å². The topological polar surface area (TPSA) is 130 Å². The van der Waals surface area contributed by atoms with Gasteiger partial charge in [0.25, 0.3) is 6.43 Å². The molecule has 1 aromatic heterocycles. The van der Waals surface area contributed by atoms with Crippen LogP contribution in [0.1, 0.15) is 12.1 Å². The average molecular weight is 455 g/mol. The van der Waals surface area contributed by atoms with E-state index in [0.29, 0.717) is 33.9 Å². The summed E-state index contributed by atoms with van der Waals surface area (Å²) in [5, 5.41) is 9.40. The van der Waals surface area contributed by atoms with Crippen molar-refractivity contribution in [3.63, 3.8) is 0 Å². The Labute approximate surface area is 183 Å². The molecule has 0 saturated carbocycles. The summed E-state index contributed by atoms with van der Waals surface area (Å²) in [6.07, 6.45) is -2.86. The molecule has 164 valence electrons. The van der Waals surface area contributed by atoms with Gasteiger partial charge in [0.15, 0.2) is 0 Å². The molecule has 0 aliphatic heterocycles. The summed E-state index contributed by atoms with van der Waals surface area (Å²) in [4.78, 5) is -0.0945. The summed E-state index contributed by atoms with van der Waals surface area (Å²) in [6, 6.07) is 18.7. The Morgan fingerprint density at radius 1 is 0.781 bits per heavy atom. The van der Waals surface area contributed by atoms with Gasteiger partial charge in [0.05, 0.1) is 16.3 Å². The van der Waals surface area contributed by atoms with Gasteiger partial charge in [-0.05, 0) is 54.1 Å². The number of sulfonamides is 1. The number of alkyl halides is 2. The fourth-order valence-corrected chi connectivity index (χ4v) is 3.91. The van der Waals surface area contributed by atoms with E-state index in [4.69, 9.17) is 16.6 Å². The second kappa shape index (κ2) is 8.06. The maximum absolute atomic E-state index is 14.1. The highest BCUT2D eigenvalue weighted by molar-refractivity contribution is 7.89. The van der Waals surface area contributed by atoms with Gasteiger partial charge in [0.1, 0.15) is 5.69 Å². The zero-order valence-corrected chi connectivity index (χ0v) is 17.4. The van der Waals surface area contributed by atoms with Crippen LogP contribution in [-0.4, -0.2) is 18.2 Å². The third-order valence-corrected chi connectivity index (χ3v) is 5.84. The largest absolute Gasteiger partial charge is 0.399 e. The first kappa shape index (κ1) is 21.5. The molecule has 0 amide bonds. The third kappa shape index (κ3) is 4.05. The monoisotopic (exact) mass is 455 g/mol. The molecule has 0 aliphatic carbocycles.